The molecule has 0 bridgehead atoms. The Morgan fingerprint density at radius 2 is 2.12 bits per heavy atom. The molecule has 24 heavy (non-hydrogen) atoms. The molecule has 0 radical (unpaired) electrons. The first-order chi connectivity index (χ1) is 11.7. The molecule has 0 spiro atoms. The minimum atomic E-state index is 0.287. The topological polar surface area (TPSA) is 54.4 Å². The molecule has 2 aliphatic rings. The van der Waals surface area contributed by atoms with Crippen LogP contribution in [0.3, 0.4) is 0 Å². The average molecular weight is 345 g/mol. The third kappa shape index (κ3) is 3.43. The van der Waals surface area contributed by atoms with Gasteiger partial charge in [-0.1, -0.05) is 0 Å². The lowest BCUT2D eigenvalue weighted by molar-refractivity contribution is 0.0578. The Kier molecular flexibility index (Phi) is 4.47. The highest BCUT2D eigenvalue weighted by molar-refractivity contribution is 7.09. The van der Waals surface area contributed by atoms with E-state index in [0.29, 0.717) is 5.92 Å². The van der Waals surface area contributed by atoms with Crippen LogP contribution in [0, 0.1) is 19.8 Å². The predicted molar refractivity (Wildman–Crippen MR) is 94.3 cm³/mol. The van der Waals surface area contributed by atoms with Gasteiger partial charge in [0, 0.05) is 44.0 Å². The van der Waals surface area contributed by atoms with Gasteiger partial charge in [0.2, 0.25) is 0 Å². The zero-order chi connectivity index (χ0) is 16.5. The van der Waals surface area contributed by atoms with Crippen LogP contribution < -0.4 is 4.90 Å². The van der Waals surface area contributed by atoms with Gasteiger partial charge in [0.05, 0.1) is 29.1 Å². The fraction of sp³-hybridized carbons (Fsp3) is 0.588. The molecule has 2 aliphatic heterocycles. The number of ether oxygens (including phenoxy) is 1. The van der Waals surface area contributed by atoms with Crippen LogP contribution in [0.5, 0.6) is 0 Å². The third-order valence-electron chi connectivity index (χ3n) is 4.77. The lowest BCUT2D eigenvalue weighted by atomic mass is 10.1. The summed E-state index contributed by atoms with van der Waals surface area (Å²) < 4.78 is 6.13. The lowest BCUT2D eigenvalue weighted by Gasteiger charge is -2.22. The zero-order valence-electron chi connectivity index (χ0n) is 14.2. The Hall–Kier alpha value is -1.57. The van der Waals surface area contributed by atoms with Crippen LogP contribution >= 0.6 is 11.3 Å². The minimum Gasteiger partial charge on any atom is -0.375 e. The fourth-order valence-corrected chi connectivity index (χ4v) is 4.17. The maximum absolute atomic E-state index is 6.13. The first-order valence-corrected chi connectivity index (χ1v) is 9.35. The molecular weight excluding hydrogens is 322 g/mol. The molecule has 2 aromatic rings. The molecule has 0 unspecified atom stereocenters. The van der Waals surface area contributed by atoms with Crippen molar-refractivity contribution in [3.05, 3.63) is 33.9 Å². The molecule has 4 heterocycles. The maximum Gasteiger partial charge on any atom is 0.151 e. The molecule has 7 heteroatoms. The first kappa shape index (κ1) is 15.9. The van der Waals surface area contributed by atoms with Crippen LogP contribution in [-0.2, 0) is 11.3 Å². The molecule has 0 saturated carbocycles. The van der Waals surface area contributed by atoms with Crippen molar-refractivity contribution >= 4 is 17.2 Å². The lowest BCUT2D eigenvalue weighted by Crippen LogP contribution is -2.32. The van der Waals surface area contributed by atoms with Gasteiger partial charge in [-0.05, 0) is 26.0 Å². The van der Waals surface area contributed by atoms with Gasteiger partial charge in [-0.2, -0.15) is 5.10 Å². The highest BCUT2D eigenvalue weighted by Crippen LogP contribution is 2.27. The summed E-state index contributed by atoms with van der Waals surface area (Å²) in [5.74, 6) is 1.47. The van der Waals surface area contributed by atoms with E-state index in [1.807, 2.05) is 13.0 Å². The van der Waals surface area contributed by atoms with Gasteiger partial charge in [0.1, 0.15) is 0 Å². The van der Waals surface area contributed by atoms with Crippen LogP contribution in [0.1, 0.15) is 16.4 Å². The largest absolute Gasteiger partial charge is 0.375 e. The highest BCUT2D eigenvalue weighted by atomic mass is 32.1. The summed E-state index contributed by atoms with van der Waals surface area (Å²) in [5.41, 5.74) is 2.13. The number of fused-ring (bicyclic) bond motifs is 1. The Balaban J connectivity index is 1.42. The second kappa shape index (κ2) is 6.74. The molecule has 2 saturated heterocycles. The predicted octanol–water partition coefficient (Wildman–Crippen LogP) is 1.89. The summed E-state index contributed by atoms with van der Waals surface area (Å²) in [6.45, 7) is 9.66. The minimum absolute atomic E-state index is 0.287. The van der Waals surface area contributed by atoms with Crippen LogP contribution in [0.15, 0.2) is 17.5 Å². The molecule has 0 N–H and O–H groups in total. The Morgan fingerprint density at radius 1 is 1.21 bits per heavy atom. The van der Waals surface area contributed by atoms with Crippen molar-refractivity contribution < 1.29 is 4.74 Å². The van der Waals surface area contributed by atoms with E-state index in [1.165, 1.54) is 5.69 Å². The van der Waals surface area contributed by atoms with Crippen molar-refractivity contribution in [3.8, 4) is 0 Å². The summed E-state index contributed by atoms with van der Waals surface area (Å²) in [6.07, 6.45) is 0.287. The van der Waals surface area contributed by atoms with Crippen LogP contribution in [-0.4, -0.2) is 59.0 Å². The Labute approximate surface area is 146 Å². The fourth-order valence-electron chi connectivity index (χ4n) is 3.56. The summed E-state index contributed by atoms with van der Waals surface area (Å²) in [7, 11) is 0. The Morgan fingerprint density at radius 3 is 2.88 bits per heavy atom. The van der Waals surface area contributed by atoms with Crippen molar-refractivity contribution in [3.63, 3.8) is 0 Å². The molecule has 128 valence electrons. The van der Waals surface area contributed by atoms with Crippen molar-refractivity contribution in [1.82, 2.24) is 20.1 Å². The number of aryl methyl sites for hydroxylation is 2. The van der Waals surface area contributed by atoms with Gasteiger partial charge < -0.3 is 9.64 Å². The van der Waals surface area contributed by atoms with Gasteiger partial charge in [-0.25, -0.2) is 4.98 Å². The van der Waals surface area contributed by atoms with Crippen molar-refractivity contribution in [2.45, 2.75) is 26.5 Å². The van der Waals surface area contributed by atoms with Gasteiger partial charge in [-0.3, -0.25) is 4.90 Å². The van der Waals surface area contributed by atoms with E-state index in [2.05, 4.69) is 43.4 Å². The maximum atomic E-state index is 6.13. The Bertz CT molecular complexity index is 689. The second-order valence-electron chi connectivity index (χ2n) is 6.70. The van der Waals surface area contributed by atoms with Gasteiger partial charge >= 0.3 is 0 Å². The SMILES string of the molecule is Cc1ccc(N2C[C@@H]3CN(Cc4csc(C)n4)CCO[C@@H]3C2)nn1. The number of aromatic nitrogens is 3. The quantitative estimate of drug-likeness (QED) is 0.847. The van der Waals surface area contributed by atoms with Crippen molar-refractivity contribution in [1.29, 1.82) is 0 Å². The van der Waals surface area contributed by atoms with E-state index in [1.54, 1.807) is 11.3 Å². The van der Waals surface area contributed by atoms with E-state index in [4.69, 9.17) is 4.74 Å². The molecule has 0 aromatic carbocycles. The summed E-state index contributed by atoms with van der Waals surface area (Å²) in [4.78, 5) is 9.38. The summed E-state index contributed by atoms with van der Waals surface area (Å²) >= 11 is 1.72. The zero-order valence-corrected chi connectivity index (χ0v) is 15.0. The molecular formula is C17H23N5OS. The third-order valence-corrected chi connectivity index (χ3v) is 5.60. The van der Waals surface area contributed by atoms with E-state index in [-0.39, 0.29) is 6.10 Å². The number of nitrogens with zero attached hydrogens (tertiary/aromatic N) is 5. The molecule has 2 fully saturated rings. The van der Waals surface area contributed by atoms with Crippen LogP contribution in [0.4, 0.5) is 5.82 Å². The number of anilines is 1. The normalized spacial score (nSPS) is 24.8. The van der Waals surface area contributed by atoms with E-state index >= 15 is 0 Å². The standard InChI is InChI=1S/C17H23N5OS/c1-12-3-4-17(20-19-12)22-8-14-7-21(5-6-23-16(14)10-22)9-15-11-24-13(2)18-15/h3-4,11,14,16H,5-10H2,1-2H3/t14-,16+/m0/s1. The summed E-state index contributed by atoms with van der Waals surface area (Å²) in [6, 6.07) is 4.08. The van der Waals surface area contributed by atoms with Crippen LogP contribution in [0.2, 0.25) is 0 Å². The van der Waals surface area contributed by atoms with Crippen LogP contribution in [0.25, 0.3) is 0 Å². The smallest absolute Gasteiger partial charge is 0.151 e. The number of hydrogen-bond donors (Lipinski definition) is 0. The number of hydrogen-bond acceptors (Lipinski definition) is 7. The van der Waals surface area contributed by atoms with Crippen molar-refractivity contribution in [2.75, 3.05) is 37.7 Å². The van der Waals surface area contributed by atoms with E-state index in [9.17, 15) is 0 Å². The van der Waals surface area contributed by atoms with Gasteiger partial charge in [-0.15, -0.1) is 16.4 Å². The molecule has 0 amide bonds. The van der Waals surface area contributed by atoms with E-state index < -0.39 is 0 Å². The van der Waals surface area contributed by atoms with E-state index in [0.717, 1.165) is 55.9 Å². The first-order valence-electron chi connectivity index (χ1n) is 8.47. The molecule has 6 nitrogen and oxygen atoms in total. The number of thiazole rings is 1. The molecule has 2 atom stereocenters. The highest BCUT2D eigenvalue weighted by Gasteiger charge is 2.37. The molecule has 0 aliphatic carbocycles. The van der Waals surface area contributed by atoms with Crippen molar-refractivity contribution in [2.24, 2.45) is 5.92 Å². The monoisotopic (exact) mass is 345 g/mol. The molecule has 4 rings (SSSR count). The summed E-state index contributed by atoms with van der Waals surface area (Å²) in [5, 5.41) is 11.8. The second-order valence-corrected chi connectivity index (χ2v) is 7.76. The average Bonchev–Trinajstić information content (AvgIpc) is 3.10. The van der Waals surface area contributed by atoms with Gasteiger partial charge in [0.15, 0.2) is 5.82 Å². The number of rotatable bonds is 3. The van der Waals surface area contributed by atoms with Gasteiger partial charge in [0.25, 0.3) is 0 Å². The molecule has 2 aromatic heterocycles.